The summed E-state index contributed by atoms with van der Waals surface area (Å²) in [4.78, 5) is 26.0. The fourth-order valence-electron chi connectivity index (χ4n) is 4.74. The molecule has 2 aliphatic heterocycles. The molecule has 2 aliphatic rings. The van der Waals surface area contributed by atoms with Gasteiger partial charge in [0.2, 0.25) is 11.8 Å². The third-order valence-corrected chi connectivity index (χ3v) is 5.91. The Kier molecular flexibility index (Phi) is 5.18. The Morgan fingerprint density at radius 2 is 1.93 bits per heavy atom. The standard InChI is InChI=1S/C23H27N3O2/c1-17(27)24-20-11-9-19(10-12-20)21-15-26(14-18-6-3-2-4-7-18)16-23(21)13-5-8-22(28)25-23/h2-4,6-7,9-12,21H,5,8,13-16H2,1H3,(H,24,27)(H,25,28)/t21-,23+/m0/s1. The Bertz CT molecular complexity index is 850. The van der Waals surface area contributed by atoms with Crippen LogP contribution in [0.4, 0.5) is 5.69 Å². The van der Waals surface area contributed by atoms with Gasteiger partial charge in [0, 0.05) is 44.6 Å². The summed E-state index contributed by atoms with van der Waals surface area (Å²) in [5.74, 6) is 0.332. The van der Waals surface area contributed by atoms with Gasteiger partial charge in [-0.05, 0) is 36.1 Å². The van der Waals surface area contributed by atoms with Crippen LogP contribution >= 0.6 is 0 Å². The van der Waals surface area contributed by atoms with Gasteiger partial charge >= 0.3 is 0 Å². The number of benzene rings is 2. The predicted octanol–water partition coefficient (Wildman–Crippen LogP) is 3.28. The number of nitrogens with one attached hydrogen (secondary N) is 2. The summed E-state index contributed by atoms with van der Waals surface area (Å²) >= 11 is 0. The molecule has 4 rings (SSSR count). The zero-order valence-corrected chi connectivity index (χ0v) is 16.3. The lowest BCUT2D eigenvalue weighted by Gasteiger charge is -2.39. The number of likely N-dealkylation sites (tertiary alicyclic amines) is 1. The van der Waals surface area contributed by atoms with Crippen LogP contribution in [0.5, 0.6) is 0 Å². The van der Waals surface area contributed by atoms with Crippen LogP contribution in [-0.2, 0) is 16.1 Å². The van der Waals surface area contributed by atoms with Gasteiger partial charge in [0.05, 0.1) is 5.54 Å². The summed E-state index contributed by atoms with van der Waals surface area (Å²) in [6.07, 6.45) is 2.56. The molecule has 2 aromatic carbocycles. The number of anilines is 1. The smallest absolute Gasteiger partial charge is 0.221 e. The third-order valence-electron chi connectivity index (χ3n) is 5.91. The fourth-order valence-corrected chi connectivity index (χ4v) is 4.74. The summed E-state index contributed by atoms with van der Waals surface area (Å²) in [7, 11) is 0. The average molecular weight is 377 g/mol. The minimum Gasteiger partial charge on any atom is -0.349 e. The van der Waals surface area contributed by atoms with Crippen molar-refractivity contribution in [2.45, 2.75) is 44.2 Å². The van der Waals surface area contributed by atoms with E-state index in [4.69, 9.17) is 0 Å². The second-order valence-electron chi connectivity index (χ2n) is 8.07. The number of carbonyl (C=O) groups excluding carboxylic acids is 2. The third kappa shape index (κ3) is 3.94. The molecule has 2 heterocycles. The molecule has 2 saturated heterocycles. The molecule has 0 aliphatic carbocycles. The molecule has 5 nitrogen and oxygen atoms in total. The van der Waals surface area contributed by atoms with Crippen molar-refractivity contribution in [2.24, 2.45) is 0 Å². The molecule has 2 amide bonds. The van der Waals surface area contributed by atoms with Gasteiger partial charge in [-0.15, -0.1) is 0 Å². The SMILES string of the molecule is CC(=O)Nc1ccc([C@@H]2CN(Cc3ccccc3)C[C@]23CCCC(=O)N3)cc1. The minimum atomic E-state index is -0.209. The minimum absolute atomic E-state index is 0.0707. The highest BCUT2D eigenvalue weighted by molar-refractivity contribution is 5.88. The normalized spacial score (nSPS) is 24.9. The maximum absolute atomic E-state index is 12.3. The first kappa shape index (κ1) is 18.7. The highest BCUT2D eigenvalue weighted by Gasteiger charge is 2.49. The Balaban J connectivity index is 1.59. The van der Waals surface area contributed by atoms with Crippen LogP contribution in [0.25, 0.3) is 0 Å². The van der Waals surface area contributed by atoms with Gasteiger partial charge in [-0.3, -0.25) is 14.5 Å². The summed E-state index contributed by atoms with van der Waals surface area (Å²) in [6.45, 7) is 4.18. The van der Waals surface area contributed by atoms with Crippen molar-refractivity contribution in [3.05, 3.63) is 65.7 Å². The van der Waals surface area contributed by atoms with E-state index >= 15 is 0 Å². The van der Waals surface area contributed by atoms with Crippen LogP contribution in [0.2, 0.25) is 0 Å². The molecule has 28 heavy (non-hydrogen) atoms. The monoisotopic (exact) mass is 377 g/mol. The van der Waals surface area contributed by atoms with E-state index in [1.54, 1.807) is 0 Å². The molecular formula is C23H27N3O2. The topological polar surface area (TPSA) is 61.4 Å². The summed E-state index contributed by atoms with van der Waals surface area (Å²) in [5.41, 5.74) is 3.10. The maximum Gasteiger partial charge on any atom is 0.221 e. The quantitative estimate of drug-likeness (QED) is 0.860. The van der Waals surface area contributed by atoms with Crippen molar-refractivity contribution >= 4 is 17.5 Å². The molecule has 0 saturated carbocycles. The molecule has 1 spiro atoms. The van der Waals surface area contributed by atoms with E-state index in [9.17, 15) is 9.59 Å². The van der Waals surface area contributed by atoms with Crippen molar-refractivity contribution in [2.75, 3.05) is 18.4 Å². The zero-order valence-electron chi connectivity index (χ0n) is 16.3. The first-order valence-electron chi connectivity index (χ1n) is 9.99. The van der Waals surface area contributed by atoms with Crippen LogP contribution in [0.3, 0.4) is 0 Å². The molecule has 0 bridgehead atoms. The number of piperidine rings is 1. The molecule has 146 valence electrons. The van der Waals surface area contributed by atoms with E-state index in [1.807, 2.05) is 18.2 Å². The predicted molar refractivity (Wildman–Crippen MR) is 110 cm³/mol. The number of hydrogen-bond acceptors (Lipinski definition) is 3. The lowest BCUT2D eigenvalue weighted by molar-refractivity contribution is -0.125. The van der Waals surface area contributed by atoms with Crippen molar-refractivity contribution in [1.82, 2.24) is 10.2 Å². The molecule has 2 fully saturated rings. The van der Waals surface area contributed by atoms with Gasteiger partial charge in [-0.25, -0.2) is 0 Å². The number of carbonyl (C=O) groups is 2. The van der Waals surface area contributed by atoms with Crippen LogP contribution in [0.1, 0.15) is 43.2 Å². The molecule has 2 N–H and O–H groups in total. The number of nitrogens with zero attached hydrogens (tertiary/aromatic N) is 1. The van der Waals surface area contributed by atoms with Gasteiger partial charge in [-0.1, -0.05) is 42.5 Å². The number of rotatable bonds is 4. The van der Waals surface area contributed by atoms with Gasteiger partial charge in [0.25, 0.3) is 0 Å². The van der Waals surface area contributed by atoms with Gasteiger partial charge in [0.15, 0.2) is 0 Å². The summed E-state index contributed by atoms with van der Waals surface area (Å²) < 4.78 is 0. The van der Waals surface area contributed by atoms with Crippen molar-refractivity contribution in [1.29, 1.82) is 0 Å². The van der Waals surface area contributed by atoms with Crippen molar-refractivity contribution in [3.8, 4) is 0 Å². The Morgan fingerprint density at radius 3 is 2.61 bits per heavy atom. The van der Waals surface area contributed by atoms with Crippen LogP contribution < -0.4 is 10.6 Å². The largest absolute Gasteiger partial charge is 0.349 e. The van der Waals surface area contributed by atoms with E-state index < -0.39 is 0 Å². The lowest BCUT2D eigenvalue weighted by atomic mass is 9.76. The number of amides is 2. The summed E-state index contributed by atoms with van der Waals surface area (Å²) in [5, 5.41) is 6.18. The highest BCUT2D eigenvalue weighted by Crippen LogP contribution is 2.42. The van der Waals surface area contributed by atoms with E-state index in [2.05, 4.69) is 51.9 Å². The molecule has 5 heteroatoms. The van der Waals surface area contributed by atoms with Crippen molar-refractivity contribution in [3.63, 3.8) is 0 Å². The Hall–Kier alpha value is -2.66. The van der Waals surface area contributed by atoms with E-state index in [1.165, 1.54) is 18.1 Å². The van der Waals surface area contributed by atoms with Gasteiger partial charge < -0.3 is 10.6 Å². The maximum atomic E-state index is 12.3. The second-order valence-corrected chi connectivity index (χ2v) is 8.07. The van der Waals surface area contributed by atoms with Crippen LogP contribution in [-0.4, -0.2) is 35.3 Å². The molecule has 2 aromatic rings. The van der Waals surface area contributed by atoms with E-state index in [0.29, 0.717) is 6.42 Å². The van der Waals surface area contributed by atoms with Gasteiger partial charge in [-0.2, -0.15) is 0 Å². The first-order chi connectivity index (χ1) is 13.5. The highest BCUT2D eigenvalue weighted by atomic mass is 16.2. The molecule has 0 aromatic heterocycles. The molecule has 0 unspecified atom stereocenters. The van der Waals surface area contributed by atoms with Crippen LogP contribution in [0, 0.1) is 0 Å². The van der Waals surface area contributed by atoms with Crippen molar-refractivity contribution < 1.29 is 9.59 Å². The Morgan fingerprint density at radius 1 is 1.18 bits per heavy atom. The summed E-state index contributed by atoms with van der Waals surface area (Å²) in [6, 6.07) is 18.6. The van der Waals surface area contributed by atoms with E-state index in [-0.39, 0.29) is 23.3 Å². The first-order valence-corrected chi connectivity index (χ1v) is 9.99. The fraction of sp³-hybridized carbons (Fsp3) is 0.391. The Labute approximate surface area is 166 Å². The van der Waals surface area contributed by atoms with Gasteiger partial charge in [0.1, 0.15) is 0 Å². The molecule has 0 radical (unpaired) electrons. The number of hydrogen-bond donors (Lipinski definition) is 2. The van der Waals surface area contributed by atoms with Crippen LogP contribution in [0.15, 0.2) is 54.6 Å². The van der Waals surface area contributed by atoms with E-state index in [0.717, 1.165) is 38.2 Å². The zero-order chi connectivity index (χ0) is 19.6. The lowest BCUT2D eigenvalue weighted by Crippen LogP contribution is -2.56. The second kappa shape index (κ2) is 7.76. The average Bonchev–Trinajstić information content (AvgIpc) is 2.99. The molecule has 2 atom stereocenters. The molecular weight excluding hydrogens is 350 g/mol.